The summed E-state index contributed by atoms with van der Waals surface area (Å²) in [5, 5.41) is 0. The van der Waals surface area contributed by atoms with E-state index in [2.05, 4.69) is 57.2 Å². The van der Waals surface area contributed by atoms with Crippen LogP contribution in [0.2, 0.25) is 0 Å². The molecular weight excluding hydrogens is 192 g/mol. The van der Waals surface area contributed by atoms with Crippen molar-refractivity contribution >= 4 is 5.57 Å². The molecule has 1 aromatic rings. The van der Waals surface area contributed by atoms with Crippen LogP contribution in [0.5, 0.6) is 0 Å². The largest absolute Gasteiger partial charge is 0.0770 e. The maximum atomic E-state index is 2.54. The summed E-state index contributed by atoms with van der Waals surface area (Å²) >= 11 is 0. The number of benzene rings is 1. The van der Waals surface area contributed by atoms with Crippen molar-refractivity contribution in [2.75, 3.05) is 0 Å². The van der Waals surface area contributed by atoms with E-state index in [4.69, 9.17) is 0 Å². The van der Waals surface area contributed by atoms with E-state index < -0.39 is 0 Å². The lowest BCUT2D eigenvalue weighted by Gasteiger charge is -2.20. The summed E-state index contributed by atoms with van der Waals surface area (Å²) in [6.07, 6.45) is 3.84. The number of rotatable bonds is 1. The number of hydrogen-bond donors (Lipinski definition) is 0. The molecule has 0 aliphatic heterocycles. The van der Waals surface area contributed by atoms with Crippen molar-refractivity contribution in [2.24, 2.45) is 23.2 Å². The van der Waals surface area contributed by atoms with E-state index in [1.165, 1.54) is 12.0 Å². The molecule has 0 heterocycles. The van der Waals surface area contributed by atoms with Crippen molar-refractivity contribution in [1.29, 1.82) is 0 Å². The zero-order valence-electron chi connectivity index (χ0n) is 10.4. The molecule has 0 aromatic heterocycles. The molecule has 16 heavy (non-hydrogen) atoms. The molecule has 0 bridgehead atoms. The van der Waals surface area contributed by atoms with Gasteiger partial charge in [-0.2, -0.15) is 0 Å². The molecule has 0 heteroatoms. The number of hydrogen-bond acceptors (Lipinski definition) is 0. The monoisotopic (exact) mass is 212 g/mol. The van der Waals surface area contributed by atoms with Gasteiger partial charge in [0, 0.05) is 0 Å². The van der Waals surface area contributed by atoms with Crippen LogP contribution < -0.4 is 0 Å². The Morgan fingerprint density at radius 1 is 1.06 bits per heavy atom. The molecule has 3 atom stereocenters. The molecule has 0 spiro atoms. The van der Waals surface area contributed by atoms with Gasteiger partial charge in [0.15, 0.2) is 0 Å². The molecular formula is C16H20. The fraction of sp³-hybridized carbons (Fsp3) is 0.500. The topological polar surface area (TPSA) is 0 Å². The predicted octanol–water partition coefficient (Wildman–Crippen LogP) is 4.38. The average molecular weight is 212 g/mol. The second-order valence-electron chi connectivity index (χ2n) is 6.40. The van der Waals surface area contributed by atoms with Crippen molar-refractivity contribution < 1.29 is 0 Å². The maximum absolute atomic E-state index is 2.54. The first kappa shape index (κ1) is 10.1. The molecule has 0 N–H and O–H groups in total. The molecule has 0 nitrogen and oxygen atoms in total. The molecule has 1 fully saturated rings. The van der Waals surface area contributed by atoms with Gasteiger partial charge in [-0.25, -0.2) is 0 Å². The van der Waals surface area contributed by atoms with E-state index in [0.717, 1.165) is 17.8 Å². The second kappa shape index (κ2) is 3.23. The lowest BCUT2D eigenvalue weighted by atomic mass is 9.85. The van der Waals surface area contributed by atoms with Crippen molar-refractivity contribution in [2.45, 2.75) is 27.2 Å². The van der Waals surface area contributed by atoms with Crippen LogP contribution in [0.1, 0.15) is 32.8 Å². The van der Waals surface area contributed by atoms with E-state index in [0.29, 0.717) is 5.41 Å². The zero-order chi connectivity index (χ0) is 11.3. The van der Waals surface area contributed by atoms with Gasteiger partial charge in [-0.1, -0.05) is 57.2 Å². The summed E-state index contributed by atoms with van der Waals surface area (Å²) < 4.78 is 0. The molecule has 3 rings (SSSR count). The average Bonchev–Trinajstić information content (AvgIpc) is 2.78. The van der Waals surface area contributed by atoms with Crippen molar-refractivity contribution in [3.8, 4) is 0 Å². The highest BCUT2D eigenvalue weighted by atomic mass is 14.6. The Morgan fingerprint density at radius 3 is 2.25 bits per heavy atom. The van der Waals surface area contributed by atoms with E-state index >= 15 is 0 Å². The van der Waals surface area contributed by atoms with E-state index in [1.54, 1.807) is 5.57 Å². The van der Waals surface area contributed by atoms with Gasteiger partial charge >= 0.3 is 0 Å². The Kier molecular flexibility index (Phi) is 2.04. The predicted molar refractivity (Wildman–Crippen MR) is 69.0 cm³/mol. The van der Waals surface area contributed by atoms with Crippen LogP contribution in [0.4, 0.5) is 0 Å². The van der Waals surface area contributed by atoms with Gasteiger partial charge in [-0.05, 0) is 40.7 Å². The van der Waals surface area contributed by atoms with E-state index in [9.17, 15) is 0 Å². The SMILES string of the molecule is CC(C)(C)C1C2C=C(c3ccccc3)CC21. The van der Waals surface area contributed by atoms with Crippen LogP contribution in [-0.2, 0) is 0 Å². The van der Waals surface area contributed by atoms with Crippen molar-refractivity contribution in [3.05, 3.63) is 42.0 Å². The molecule has 0 radical (unpaired) electrons. The third kappa shape index (κ3) is 1.52. The second-order valence-corrected chi connectivity index (χ2v) is 6.40. The zero-order valence-corrected chi connectivity index (χ0v) is 10.4. The third-order valence-corrected chi connectivity index (χ3v) is 4.22. The molecule has 1 saturated carbocycles. The van der Waals surface area contributed by atoms with Gasteiger partial charge in [0.05, 0.1) is 0 Å². The van der Waals surface area contributed by atoms with Crippen LogP contribution in [0.15, 0.2) is 36.4 Å². The molecule has 2 aliphatic rings. The minimum Gasteiger partial charge on any atom is -0.0770 e. The van der Waals surface area contributed by atoms with Gasteiger partial charge in [0.2, 0.25) is 0 Å². The fourth-order valence-corrected chi connectivity index (χ4v) is 3.53. The lowest BCUT2D eigenvalue weighted by Crippen LogP contribution is -2.11. The Hall–Kier alpha value is -1.04. The minimum atomic E-state index is 0.494. The molecule has 0 amide bonds. The highest BCUT2D eigenvalue weighted by molar-refractivity contribution is 5.70. The maximum Gasteiger partial charge on any atom is -0.0157 e. The summed E-state index contributed by atoms with van der Waals surface area (Å²) in [4.78, 5) is 0. The molecule has 84 valence electrons. The van der Waals surface area contributed by atoms with Gasteiger partial charge in [0.1, 0.15) is 0 Å². The summed E-state index contributed by atoms with van der Waals surface area (Å²) in [5.74, 6) is 2.74. The van der Waals surface area contributed by atoms with Gasteiger partial charge in [0.25, 0.3) is 0 Å². The van der Waals surface area contributed by atoms with E-state index in [1.807, 2.05) is 0 Å². The summed E-state index contributed by atoms with van der Waals surface area (Å²) in [7, 11) is 0. The summed E-state index contributed by atoms with van der Waals surface area (Å²) in [6, 6.07) is 10.9. The van der Waals surface area contributed by atoms with Crippen LogP contribution in [0.3, 0.4) is 0 Å². The highest BCUT2D eigenvalue weighted by Gasteiger charge is 2.56. The number of allylic oxidation sites excluding steroid dienone is 2. The fourth-order valence-electron chi connectivity index (χ4n) is 3.53. The summed E-state index contributed by atoms with van der Waals surface area (Å²) in [6.45, 7) is 7.14. The third-order valence-electron chi connectivity index (χ3n) is 4.22. The highest BCUT2D eigenvalue weighted by Crippen LogP contribution is 2.64. The Morgan fingerprint density at radius 2 is 1.75 bits per heavy atom. The van der Waals surface area contributed by atoms with Crippen LogP contribution in [0.25, 0.3) is 5.57 Å². The molecule has 2 aliphatic carbocycles. The minimum absolute atomic E-state index is 0.494. The van der Waals surface area contributed by atoms with Crippen LogP contribution in [0, 0.1) is 23.2 Å². The van der Waals surface area contributed by atoms with Gasteiger partial charge < -0.3 is 0 Å². The molecule has 0 saturated heterocycles. The van der Waals surface area contributed by atoms with Gasteiger partial charge in [-0.3, -0.25) is 0 Å². The van der Waals surface area contributed by atoms with Crippen molar-refractivity contribution in [1.82, 2.24) is 0 Å². The standard InChI is InChI=1S/C16H20/c1-16(2,3)15-13-9-12(10-14(13)15)11-7-5-4-6-8-11/h4-9,13-15H,10H2,1-3H3. The summed E-state index contributed by atoms with van der Waals surface area (Å²) in [5.41, 5.74) is 3.51. The Balaban J connectivity index is 1.79. The normalized spacial score (nSPS) is 32.2. The van der Waals surface area contributed by atoms with Gasteiger partial charge in [-0.15, -0.1) is 0 Å². The van der Waals surface area contributed by atoms with Crippen molar-refractivity contribution in [3.63, 3.8) is 0 Å². The Bertz CT molecular complexity index is 419. The molecule has 3 unspecified atom stereocenters. The Labute approximate surface area is 98.4 Å². The number of fused-ring (bicyclic) bond motifs is 1. The van der Waals surface area contributed by atoms with Crippen LogP contribution >= 0.6 is 0 Å². The van der Waals surface area contributed by atoms with Crippen LogP contribution in [-0.4, -0.2) is 0 Å². The lowest BCUT2D eigenvalue weighted by molar-refractivity contribution is 0.322. The quantitative estimate of drug-likeness (QED) is 0.648. The first-order chi connectivity index (χ1) is 7.57. The van der Waals surface area contributed by atoms with E-state index in [-0.39, 0.29) is 0 Å². The first-order valence-corrected chi connectivity index (χ1v) is 6.33. The first-order valence-electron chi connectivity index (χ1n) is 6.33. The molecule has 1 aromatic carbocycles. The smallest absolute Gasteiger partial charge is 0.0157 e.